The summed E-state index contributed by atoms with van der Waals surface area (Å²) in [6.07, 6.45) is 46.0. The van der Waals surface area contributed by atoms with Crippen molar-refractivity contribution < 1.29 is 4.79 Å². The molecule has 2 aromatic heterocycles. The van der Waals surface area contributed by atoms with Crippen LogP contribution < -0.4 is 22.2 Å². The number of hydrogen-bond donors (Lipinski definition) is 0. The normalized spacial score (nSPS) is 27.0. The van der Waals surface area contributed by atoms with Crippen molar-refractivity contribution in [2.75, 3.05) is 6.54 Å². The minimum atomic E-state index is -0.322. The number of benzene rings is 1. The fourth-order valence-corrected chi connectivity index (χ4v) is 16.3. The highest BCUT2D eigenvalue weighted by Gasteiger charge is 2.55. The molecule has 2 bridgehead atoms. The van der Waals surface area contributed by atoms with Gasteiger partial charge in [0.2, 0.25) is 0 Å². The summed E-state index contributed by atoms with van der Waals surface area (Å²) in [6.45, 7) is 12.6. The highest BCUT2D eigenvalue weighted by Crippen LogP contribution is 2.63. The van der Waals surface area contributed by atoms with E-state index >= 15 is 0 Å². The SMILES string of the molecule is C=C1C=CC(=O)N1CCCCCCCCC1C(CCCCCCCCn2c(=O)c3cc4c(=O)n(CC5CC6C7CC(CC)C(C7)C6C5)c(=O)c4cc3c2=O)CCC(CCCCCC)C1CCCCCCCC. The Balaban J connectivity index is 0.800. The van der Waals surface area contributed by atoms with E-state index in [1.165, 1.54) is 182 Å². The molecule has 8 heteroatoms. The zero-order chi connectivity index (χ0) is 50.6. The Labute approximate surface area is 433 Å². The third-order valence-corrected chi connectivity index (χ3v) is 20.1. The van der Waals surface area contributed by atoms with Crippen molar-refractivity contribution >= 4 is 27.5 Å². The van der Waals surface area contributed by atoms with Crippen LogP contribution in [-0.4, -0.2) is 26.5 Å². The molecule has 4 saturated carbocycles. The fraction of sp³-hybridized carbons (Fsp3) is 0.766. The van der Waals surface area contributed by atoms with Crippen LogP contribution >= 0.6 is 0 Å². The summed E-state index contributed by atoms with van der Waals surface area (Å²) < 4.78 is 2.78. The maximum Gasteiger partial charge on any atom is 0.261 e. The average molecular weight is 988 g/mol. The zero-order valence-electron chi connectivity index (χ0n) is 45.6. The lowest BCUT2D eigenvalue weighted by atomic mass is 9.61. The van der Waals surface area contributed by atoms with Crippen LogP contribution in [0.3, 0.4) is 0 Å². The Kier molecular flexibility index (Phi) is 20.4. The predicted octanol–water partition coefficient (Wildman–Crippen LogP) is 15.0. The average Bonchev–Trinajstić information content (AvgIpc) is 4.23. The number of rotatable bonds is 33. The maximum absolute atomic E-state index is 13.7. The van der Waals surface area contributed by atoms with Crippen molar-refractivity contribution in [3.05, 3.63) is 78.0 Å². The van der Waals surface area contributed by atoms with E-state index in [2.05, 4.69) is 27.4 Å². The molecule has 1 aliphatic heterocycles. The van der Waals surface area contributed by atoms with Crippen LogP contribution in [0.4, 0.5) is 0 Å². The number of allylic oxidation sites excluding steroid dienone is 1. The third-order valence-electron chi connectivity index (χ3n) is 20.1. The predicted molar refractivity (Wildman–Crippen MR) is 299 cm³/mol. The molecule has 0 N–H and O–H groups in total. The summed E-state index contributed by atoms with van der Waals surface area (Å²) in [7, 11) is 0. The number of aromatic nitrogens is 2. The first-order valence-electron chi connectivity index (χ1n) is 30.7. The number of carbonyl (C=O) groups is 1. The van der Waals surface area contributed by atoms with Crippen LogP contribution in [0.2, 0.25) is 0 Å². The smallest absolute Gasteiger partial charge is 0.261 e. The highest BCUT2D eigenvalue weighted by molar-refractivity contribution is 5.98. The lowest BCUT2D eigenvalue weighted by molar-refractivity contribution is -0.123. The molecule has 4 aliphatic carbocycles. The van der Waals surface area contributed by atoms with Gasteiger partial charge in [-0.1, -0.05) is 175 Å². The van der Waals surface area contributed by atoms with E-state index in [-0.39, 0.29) is 38.9 Å². The van der Waals surface area contributed by atoms with Crippen LogP contribution in [0.1, 0.15) is 233 Å². The van der Waals surface area contributed by atoms with Gasteiger partial charge in [0.15, 0.2) is 0 Å². The summed E-state index contributed by atoms with van der Waals surface area (Å²) in [5, 5.41) is 1.15. The van der Waals surface area contributed by atoms with Gasteiger partial charge in [0.05, 0.1) is 21.5 Å². The summed E-state index contributed by atoms with van der Waals surface area (Å²) in [5.74, 6) is 7.94. The maximum atomic E-state index is 13.7. The first-order valence-corrected chi connectivity index (χ1v) is 30.7. The molecule has 10 atom stereocenters. The lowest BCUT2D eigenvalue weighted by Gasteiger charge is -2.44. The number of fused-ring (bicyclic) bond motifs is 7. The van der Waals surface area contributed by atoms with Gasteiger partial charge in [0.1, 0.15) is 0 Å². The van der Waals surface area contributed by atoms with Crippen molar-refractivity contribution in [2.24, 2.45) is 59.2 Å². The number of hydrogen-bond acceptors (Lipinski definition) is 5. The molecule has 10 unspecified atom stereocenters. The molecule has 0 saturated heterocycles. The van der Waals surface area contributed by atoms with Gasteiger partial charge in [0.25, 0.3) is 28.1 Å². The van der Waals surface area contributed by atoms with Crippen LogP contribution in [0, 0.1) is 59.2 Å². The summed E-state index contributed by atoms with van der Waals surface area (Å²) >= 11 is 0. The molecule has 3 aromatic rings. The molecule has 8 rings (SSSR count). The van der Waals surface area contributed by atoms with Crippen molar-refractivity contribution in [3.8, 4) is 0 Å². The zero-order valence-corrected chi connectivity index (χ0v) is 45.6. The minimum Gasteiger partial charge on any atom is -0.309 e. The molecule has 4 fully saturated rings. The monoisotopic (exact) mass is 988 g/mol. The van der Waals surface area contributed by atoms with Gasteiger partial charge in [-0.2, -0.15) is 0 Å². The number of amides is 1. The highest BCUT2D eigenvalue weighted by atomic mass is 16.2. The lowest BCUT2D eigenvalue weighted by Crippen LogP contribution is -2.35. The van der Waals surface area contributed by atoms with Gasteiger partial charge in [-0.05, 0) is 142 Å². The second-order valence-corrected chi connectivity index (χ2v) is 24.6. The van der Waals surface area contributed by atoms with E-state index in [0.29, 0.717) is 29.8 Å². The van der Waals surface area contributed by atoms with Crippen LogP contribution in [-0.2, 0) is 17.9 Å². The minimum absolute atomic E-state index is 0.0846. The van der Waals surface area contributed by atoms with E-state index in [1.54, 1.807) is 18.2 Å². The van der Waals surface area contributed by atoms with Crippen molar-refractivity contribution in [1.82, 2.24) is 14.0 Å². The number of unbranched alkanes of at least 4 members (excludes halogenated alkanes) is 18. The van der Waals surface area contributed by atoms with Gasteiger partial charge in [-0.15, -0.1) is 0 Å². The Bertz CT molecular complexity index is 2370. The number of carbonyl (C=O) groups excluding carboxylic acids is 1. The largest absolute Gasteiger partial charge is 0.309 e. The molecule has 0 radical (unpaired) electrons. The van der Waals surface area contributed by atoms with Gasteiger partial charge >= 0.3 is 0 Å². The quantitative estimate of drug-likeness (QED) is 0.0566. The molecule has 1 amide bonds. The fourth-order valence-electron chi connectivity index (χ4n) is 16.3. The Morgan fingerprint density at radius 3 is 1.43 bits per heavy atom. The van der Waals surface area contributed by atoms with Crippen molar-refractivity contribution in [2.45, 2.75) is 246 Å². The standard InChI is InChI=1S/C64H97N3O5/c1-5-8-10-12-18-24-30-51-48(28-22-11-9-6-2)33-34-49(52(51)31-25-19-14-16-20-26-36-65-45(4)32-35-60(65)68)29-23-17-13-15-21-27-37-66-61(69)56-42-58-59(43-57(56)62(66)70)64(72)67(63(58)71)44-46-38-53-50-40-47(7-3)54(41-50)55(53)39-46/h32,35,42-43,46-55H,4-31,33-34,36-41,44H2,1-3H3. The van der Waals surface area contributed by atoms with Crippen LogP contribution in [0.25, 0.3) is 21.5 Å². The molecule has 72 heavy (non-hydrogen) atoms. The first kappa shape index (κ1) is 54.7. The van der Waals surface area contributed by atoms with E-state index in [4.69, 9.17) is 0 Å². The molecule has 1 aromatic carbocycles. The van der Waals surface area contributed by atoms with Gasteiger partial charge in [-0.3, -0.25) is 33.1 Å². The third kappa shape index (κ3) is 12.9. The van der Waals surface area contributed by atoms with Crippen molar-refractivity contribution in [1.29, 1.82) is 0 Å². The summed E-state index contributed by atoms with van der Waals surface area (Å²) in [6, 6.07) is 3.12. The van der Waals surface area contributed by atoms with Gasteiger partial charge in [-0.25, -0.2) is 0 Å². The molecular formula is C64H97N3O5. The second-order valence-electron chi connectivity index (χ2n) is 24.6. The molecule has 8 nitrogen and oxygen atoms in total. The topological polar surface area (TPSA) is 98.4 Å². The molecule has 0 spiro atoms. The van der Waals surface area contributed by atoms with Gasteiger partial charge in [0, 0.05) is 31.4 Å². The van der Waals surface area contributed by atoms with Crippen LogP contribution in [0.15, 0.2) is 55.7 Å². The van der Waals surface area contributed by atoms with E-state index in [1.807, 2.05) is 11.0 Å². The molecule has 5 aliphatic rings. The van der Waals surface area contributed by atoms with Gasteiger partial charge < -0.3 is 4.90 Å². The number of nitrogens with zero attached hydrogens (tertiary/aromatic N) is 3. The van der Waals surface area contributed by atoms with Crippen molar-refractivity contribution in [3.63, 3.8) is 0 Å². The van der Waals surface area contributed by atoms with E-state index in [0.717, 1.165) is 104 Å². The van der Waals surface area contributed by atoms with Crippen LogP contribution in [0.5, 0.6) is 0 Å². The van der Waals surface area contributed by atoms with E-state index in [9.17, 15) is 24.0 Å². The summed E-state index contributed by atoms with van der Waals surface area (Å²) in [5.41, 5.74) is -0.403. The molecule has 3 heterocycles. The molecule has 398 valence electrons. The second kappa shape index (κ2) is 26.8. The Hall–Kier alpha value is -3.55. The molecular weight excluding hydrogens is 891 g/mol. The first-order chi connectivity index (χ1) is 35.1. The Morgan fingerprint density at radius 1 is 0.458 bits per heavy atom. The Morgan fingerprint density at radius 2 is 0.917 bits per heavy atom. The van der Waals surface area contributed by atoms with E-state index < -0.39 is 0 Å². The summed E-state index contributed by atoms with van der Waals surface area (Å²) in [4.78, 5) is 68.8.